The summed E-state index contributed by atoms with van der Waals surface area (Å²) in [5.74, 6) is 2.31. The van der Waals surface area contributed by atoms with E-state index in [9.17, 15) is 0 Å². The van der Waals surface area contributed by atoms with Crippen LogP contribution in [-0.4, -0.2) is 13.7 Å². The molecule has 1 aromatic rings. The first-order chi connectivity index (χ1) is 9.20. The van der Waals surface area contributed by atoms with Crippen LogP contribution >= 0.6 is 0 Å². The van der Waals surface area contributed by atoms with Gasteiger partial charge in [0.1, 0.15) is 0 Å². The van der Waals surface area contributed by atoms with Gasteiger partial charge in [-0.3, -0.25) is 0 Å². The van der Waals surface area contributed by atoms with E-state index < -0.39 is 0 Å². The normalized spacial score (nSPS) is 18.1. The average Bonchev–Trinajstić information content (AvgIpc) is 2.45. The summed E-state index contributed by atoms with van der Waals surface area (Å²) in [6, 6.07) is 5.98. The summed E-state index contributed by atoms with van der Waals surface area (Å²) in [7, 11) is 1.67. The molecule has 0 bridgehead atoms. The van der Waals surface area contributed by atoms with Gasteiger partial charge in [0, 0.05) is 6.04 Å². The maximum absolute atomic E-state index is 5.94. The van der Waals surface area contributed by atoms with E-state index >= 15 is 0 Å². The van der Waals surface area contributed by atoms with Crippen molar-refractivity contribution in [2.45, 2.75) is 45.1 Å². The van der Waals surface area contributed by atoms with E-state index in [0.717, 1.165) is 23.7 Å². The molecule has 0 saturated heterocycles. The standard InChI is InChI=1S/C16H25NO2/c1-12(17)14-8-9-15(16(10-14)18-2)19-11-13-6-4-3-5-7-13/h8-10,12-13H,3-7,11,17H2,1-2H3. The lowest BCUT2D eigenvalue weighted by Gasteiger charge is -2.22. The van der Waals surface area contributed by atoms with Crippen molar-refractivity contribution in [2.75, 3.05) is 13.7 Å². The minimum atomic E-state index is 0.0151. The van der Waals surface area contributed by atoms with Gasteiger partial charge >= 0.3 is 0 Å². The van der Waals surface area contributed by atoms with E-state index in [0.29, 0.717) is 5.92 Å². The second-order valence-corrected chi connectivity index (χ2v) is 5.51. The van der Waals surface area contributed by atoms with Crippen LogP contribution in [0.4, 0.5) is 0 Å². The molecule has 0 amide bonds. The van der Waals surface area contributed by atoms with E-state index in [1.165, 1.54) is 32.1 Å². The summed E-state index contributed by atoms with van der Waals surface area (Å²) in [4.78, 5) is 0. The van der Waals surface area contributed by atoms with E-state index in [4.69, 9.17) is 15.2 Å². The predicted molar refractivity (Wildman–Crippen MR) is 77.7 cm³/mol. The summed E-state index contributed by atoms with van der Waals surface area (Å²) >= 11 is 0. The molecule has 1 atom stereocenters. The molecule has 0 aromatic heterocycles. The number of rotatable bonds is 5. The zero-order valence-corrected chi connectivity index (χ0v) is 12.0. The third kappa shape index (κ3) is 3.87. The number of ether oxygens (including phenoxy) is 2. The maximum atomic E-state index is 5.94. The molecule has 1 aliphatic rings. The van der Waals surface area contributed by atoms with Gasteiger partial charge in [-0.2, -0.15) is 0 Å². The molecule has 0 spiro atoms. The van der Waals surface area contributed by atoms with Crippen LogP contribution in [0.25, 0.3) is 0 Å². The Bertz CT molecular complexity index is 398. The highest BCUT2D eigenvalue weighted by Crippen LogP contribution is 2.31. The minimum absolute atomic E-state index is 0.0151. The lowest BCUT2D eigenvalue weighted by atomic mass is 9.90. The number of hydrogen-bond donors (Lipinski definition) is 1. The van der Waals surface area contributed by atoms with Crippen molar-refractivity contribution in [2.24, 2.45) is 11.7 Å². The number of methoxy groups -OCH3 is 1. The minimum Gasteiger partial charge on any atom is -0.493 e. The SMILES string of the molecule is COc1cc(C(C)N)ccc1OCC1CCCCC1. The summed E-state index contributed by atoms with van der Waals surface area (Å²) in [5, 5.41) is 0. The van der Waals surface area contributed by atoms with Gasteiger partial charge in [-0.05, 0) is 43.4 Å². The predicted octanol–water partition coefficient (Wildman–Crippen LogP) is 3.67. The van der Waals surface area contributed by atoms with Gasteiger partial charge in [0.05, 0.1) is 13.7 Å². The van der Waals surface area contributed by atoms with Crippen molar-refractivity contribution in [3.63, 3.8) is 0 Å². The molecule has 2 N–H and O–H groups in total. The summed E-state index contributed by atoms with van der Waals surface area (Å²) in [6.07, 6.45) is 6.65. The van der Waals surface area contributed by atoms with E-state index in [1.54, 1.807) is 7.11 Å². The number of benzene rings is 1. The van der Waals surface area contributed by atoms with Gasteiger partial charge in [-0.25, -0.2) is 0 Å². The van der Waals surface area contributed by atoms with Crippen LogP contribution in [0.2, 0.25) is 0 Å². The Labute approximate surface area is 116 Å². The van der Waals surface area contributed by atoms with Crippen LogP contribution in [0.1, 0.15) is 50.6 Å². The highest BCUT2D eigenvalue weighted by molar-refractivity contribution is 5.43. The first kappa shape index (κ1) is 14.2. The molecule has 2 rings (SSSR count). The Morgan fingerprint density at radius 3 is 2.58 bits per heavy atom. The molecule has 1 aromatic carbocycles. The van der Waals surface area contributed by atoms with Gasteiger partial charge in [0.2, 0.25) is 0 Å². The second-order valence-electron chi connectivity index (χ2n) is 5.51. The summed E-state index contributed by atoms with van der Waals surface area (Å²) in [5.41, 5.74) is 6.95. The van der Waals surface area contributed by atoms with Crippen LogP contribution in [0.3, 0.4) is 0 Å². The lowest BCUT2D eigenvalue weighted by molar-refractivity contribution is 0.202. The molecule has 0 heterocycles. The zero-order valence-electron chi connectivity index (χ0n) is 12.0. The molecular formula is C16H25NO2. The van der Waals surface area contributed by atoms with E-state index in [2.05, 4.69) is 0 Å². The molecule has 1 saturated carbocycles. The van der Waals surface area contributed by atoms with Crippen LogP contribution in [0.5, 0.6) is 11.5 Å². The van der Waals surface area contributed by atoms with Gasteiger partial charge in [0.15, 0.2) is 11.5 Å². The van der Waals surface area contributed by atoms with Crippen LogP contribution in [0.15, 0.2) is 18.2 Å². The Balaban J connectivity index is 1.98. The highest BCUT2D eigenvalue weighted by atomic mass is 16.5. The van der Waals surface area contributed by atoms with Crippen molar-refractivity contribution >= 4 is 0 Å². The Hall–Kier alpha value is -1.22. The molecule has 1 fully saturated rings. The van der Waals surface area contributed by atoms with Gasteiger partial charge in [-0.15, -0.1) is 0 Å². The Kier molecular flexibility index (Phi) is 5.08. The van der Waals surface area contributed by atoms with Crippen molar-refractivity contribution < 1.29 is 9.47 Å². The van der Waals surface area contributed by atoms with Gasteiger partial charge < -0.3 is 15.2 Å². The first-order valence-electron chi connectivity index (χ1n) is 7.27. The monoisotopic (exact) mass is 263 g/mol. The molecular weight excluding hydrogens is 238 g/mol. The van der Waals surface area contributed by atoms with Crippen molar-refractivity contribution in [1.82, 2.24) is 0 Å². The maximum Gasteiger partial charge on any atom is 0.161 e. The first-order valence-corrected chi connectivity index (χ1v) is 7.27. The fourth-order valence-electron chi connectivity index (χ4n) is 2.65. The van der Waals surface area contributed by atoms with Crippen LogP contribution in [0, 0.1) is 5.92 Å². The lowest BCUT2D eigenvalue weighted by Crippen LogP contribution is -2.15. The molecule has 0 aliphatic heterocycles. The molecule has 0 radical (unpaired) electrons. The quantitative estimate of drug-likeness (QED) is 0.881. The third-order valence-electron chi connectivity index (χ3n) is 3.91. The molecule has 1 aliphatic carbocycles. The fraction of sp³-hybridized carbons (Fsp3) is 0.625. The van der Waals surface area contributed by atoms with E-state index in [1.807, 2.05) is 25.1 Å². The smallest absolute Gasteiger partial charge is 0.161 e. The zero-order chi connectivity index (χ0) is 13.7. The Morgan fingerprint density at radius 2 is 1.95 bits per heavy atom. The van der Waals surface area contributed by atoms with Crippen molar-refractivity contribution in [1.29, 1.82) is 0 Å². The third-order valence-corrected chi connectivity index (χ3v) is 3.91. The van der Waals surface area contributed by atoms with Gasteiger partial charge in [-0.1, -0.05) is 25.3 Å². The van der Waals surface area contributed by atoms with Crippen LogP contribution in [-0.2, 0) is 0 Å². The van der Waals surface area contributed by atoms with Crippen molar-refractivity contribution in [3.8, 4) is 11.5 Å². The van der Waals surface area contributed by atoms with E-state index in [-0.39, 0.29) is 6.04 Å². The molecule has 3 nitrogen and oxygen atoms in total. The molecule has 1 unspecified atom stereocenters. The second kappa shape index (κ2) is 6.80. The summed E-state index contributed by atoms with van der Waals surface area (Å²) < 4.78 is 11.3. The summed E-state index contributed by atoms with van der Waals surface area (Å²) in [6.45, 7) is 2.77. The van der Waals surface area contributed by atoms with Crippen molar-refractivity contribution in [3.05, 3.63) is 23.8 Å². The average molecular weight is 263 g/mol. The molecule has 3 heteroatoms. The highest BCUT2D eigenvalue weighted by Gasteiger charge is 2.15. The fourth-order valence-corrected chi connectivity index (χ4v) is 2.65. The largest absolute Gasteiger partial charge is 0.493 e. The van der Waals surface area contributed by atoms with Crippen LogP contribution < -0.4 is 15.2 Å². The molecule has 19 heavy (non-hydrogen) atoms. The Morgan fingerprint density at radius 1 is 1.21 bits per heavy atom. The number of nitrogens with two attached hydrogens (primary N) is 1. The van der Waals surface area contributed by atoms with Gasteiger partial charge in [0.25, 0.3) is 0 Å². The number of hydrogen-bond acceptors (Lipinski definition) is 3. The topological polar surface area (TPSA) is 44.5 Å². The molecule has 106 valence electrons.